The van der Waals surface area contributed by atoms with Gasteiger partial charge in [0, 0.05) is 6.54 Å². The summed E-state index contributed by atoms with van der Waals surface area (Å²) in [6.45, 7) is 0.286. The molecule has 0 saturated carbocycles. The summed E-state index contributed by atoms with van der Waals surface area (Å²) in [6, 6.07) is 7.31. The summed E-state index contributed by atoms with van der Waals surface area (Å²) in [5.74, 6) is 0. The van der Waals surface area contributed by atoms with Crippen molar-refractivity contribution in [1.29, 1.82) is 5.41 Å². The maximum absolute atomic E-state index is 8.67. The van der Waals surface area contributed by atoms with E-state index in [2.05, 4.69) is 0 Å². The highest BCUT2D eigenvalue weighted by Gasteiger charge is 1.98. The molecule has 0 amide bonds. The molecule has 1 rings (SSSR count). The fraction of sp³-hybridized carbons (Fsp3) is 0.222. The molecular weight excluding hydrogens is 152 g/mol. The predicted molar refractivity (Wildman–Crippen MR) is 48.2 cm³/mol. The summed E-state index contributed by atoms with van der Waals surface area (Å²) in [7, 11) is 0. The first-order chi connectivity index (χ1) is 5.77. The first kappa shape index (κ1) is 8.90. The van der Waals surface area contributed by atoms with Crippen LogP contribution >= 0.6 is 0 Å². The molecule has 64 valence electrons. The van der Waals surface area contributed by atoms with E-state index in [-0.39, 0.29) is 12.3 Å². The van der Waals surface area contributed by atoms with Crippen LogP contribution in [0.5, 0.6) is 0 Å². The standard InChI is InChI=1S/C9H12N2O/c10-5-7-1-3-8(4-2-7)9(11)6-12/h1-4,11-12H,5-6,10H2. The van der Waals surface area contributed by atoms with Gasteiger partial charge in [0.2, 0.25) is 0 Å². The van der Waals surface area contributed by atoms with E-state index in [0.717, 1.165) is 11.1 Å². The van der Waals surface area contributed by atoms with E-state index in [1.165, 1.54) is 0 Å². The monoisotopic (exact) mass is 164 g/mol. The fourth-order valence-corrected chi connectivity index (χ4v) is 0.933. The van der Waals surface area contributed by atoms with Gasteiger partial charge < -0.3 is 16.2 Å². The number of hydrogen-bond acceptors (Lipinski definition) is 3. The Labute approximate surface area is 71.3 Å². The largest absolute Gasteiger partial charge is 0.390 e. The Balaban J connectivity index is 2.84. The van der Waals surface area contributed by atoms with Crippen LogP contribution in [0.1, 0.15) is 11.1 Å². The van der Waals surface area contributed by atoms with E-state index in [0.29, 0.717) is 6.54 Å². The van der Waals surface area contributed by atoms with Crippen LogP contribution in [0.25, 0.3) is 0 Å². The minimum absolute atomic E-state index is 0.220. The first-order valence-corrected chi connectivity index (χ1v) is 3.75. The lowest BCUT2D eigenvalue weighted by molar-refractivity contribution is 0.357. The van der Waals surface area contributed by atoms with Crippen LogP contribution in [0.3, 0.4) is 0 Å². The highest BCUT2D eigenvalue weighted by Crippen LogP contribution is 2.03. The third-order valence-corrected chi connectivity index (χ3v) is 1.70. The molecule has 0 saturated heterocycles. The van der Waals surface area contributed by atoms with Gasteiger partial charge in [-0.1, -0.05) is 24.3 Å². The maximum Gasteiger partial charge on any atom is 0.0851 e. The molecule has 0 radical (unpaired) electrons. The van der Waals surface area contributed by atoms with Gasteiger partial charge in [0.25, 0.3) is 0 Å². The van der Waals surface area contributed by atoms with Crippen molar-refractivity contribution in [2.45, 2.75) is 6.54 Å². The summed E-state index contributed by atoms with van der Waals surface area (Å²) in [5, 5.41) is 16.0. The van der Waals surface area contributed by atoms with E-state index >= 15 is 0 Å². The summed E-state index contributed by atoms with van der Waals surface area (Å²) in [6.07, 6.45) is 0. The van der Waals surface area contributed by atoms with Crippen LogP contribution < -0.4 is 5.73 Å². The number of aliphatic hydroxyl groups excluding tert-OH is 1. The van der Waals surface area contributed by atoms with E-state index in [1.807, 2.05) is 12.1 Å². The Kier molecular flexibility index (Phi) is 2.96. The van der Waals surface area contributed by atoms with Gasteiger partial charge in [-0.3, -0.25) is 0 Å². The molecule has 0 aliphatic carbocycles. The molecule has 0 atom stereocenters. The van der Waals surface area contributed by atoms with E-state index in [4.69, 9.17) is 16.2 Å². The molecule has 0 bridgehead atoms. The molecule has 0 unspecified atom stereocenters. The Hall–Kier alpha value is -1.19. The van der Waals surface area contributed by atoms with Gasteiger partial charge in [-0.05, 0) is 11.1 Å². The lowest BCUT2D eigenvalue weighted by atomic mass is 10.1. The molecule has 3 heteroatoms. The van der Waals surface area contributed by atoms with Gasteiger partial charge in [-0.2, -0.15) is 0 Å². The SMILES string of the molecule is N=C(CO)c1ccc(CN)cc1. The van der Waals surface area contributed by atoms with Gasteiger partial charge in [-0.25, -0.2) is 0 Å². The third kappa shape index (κ3) is 1.90. The number of aliphatic hydroxyl groups is 1. The molecule has 1 aromatic rings. The normalized spacial score (nSPS) is 9.83. The molecular formula is C9H12N2O. The Bertz CT molecular complexity index is 266. The minimum Gasteiger partial charge on any atom is -0.390 e. The van der Waals surface area contributed by atoms with Gasteiger partial charge in [-0.15, -0.1) is 0 Å². The molecule has 0 heterocycles. The van der Waals surface area contributed by atoms with Crippen molar-refractivity contribution in [2.75, 3.05) is 6.61 Å². The molecule has 0 aliphatic heterocycles. The van der Waals surface area contributed by atoms with E-state index in [9.17, 15) is 0 Å². The topological polar surface area (TPSA) is 70.1 Å². The number of benzene rings is 1. The summed E-state index contributed by atoms with van der Waals surface area (Å²) < 4.78 is 0. The van der Waals surface area contributed by atoms with Crippen LogP contribution in [0, 0.1) is 5.41 Å². The Morgan fingerprint density at radius 2 is 1.92 bits per heavy atom. The number of rotatable bonds is 3. The number of hydrogen-bond donors (Lipinski definition) is 3. The van der Waals surface area contributed by atoms with Gasteiger partial charge in [0.1, 0.15) is 0 Å². The average molecular weight is 164 g/mol. The molecule has 4 N–H and O–H groups in total. The first-order valence-electron chi connectivity index (χ1n) is 3.75. The second kappa shape index (κ2) is 3.99. The van der Waals surface area contributed by atoms with Gasteiger partial charge in [0.05, 0.1) is 12.3 Å². The zero-order chi connectivity index (χ0) is 8.97. The van der Waals surface area contributed by atoms with Crippen LogP contribution in [0.15, 0.2) is 24.3 Å². The molecule has 0 aromatic heterocycles. The van der Waals surface area contributed by atoms with Crippen LogP contribution in [-0.2, 0) is 6.54 Å². The van der Waals surface area contributed by atoms with Crippen molar-refractivity contribution in [3.63, 3.8) is 0 Å². The summed E-state index contributed by atoms with van der Waals surface area (Å²) in [4.78, 5) is 0. The number of nitrogens with two attached hydrogens (primary N) is 1. The molecule has 12 heavy (non-hydrogen) atoms. The second-order valence-electron chi connectivity index (χ2n) is 2.54. The maximum atomic E-state index is 8.67. The average Bonchev–Trinajstić information content (AvgIpc) is 2.17. The lowest BCUT2D eigenvalue weighted by Crippen LogP contribution is -2.04. The summed E-state index contributed by atoms with van der Waals surface area (Å²) in [5.41, 5.74) is 7.42. The summed E-state index contributed by atoms with van der Waals surface area (Å²) >= 11 is 0. The smallest absolute Gasteiger partial charge is 0.0851 e. The third-order valence-electron chi connectivity index (χ3n) is 1.70. The van der Waals surface area contributed by atoms with Crippen LogP contribution in [0.4, 0.5) is 0 Å². The zero-order valence-electron chi connectivity index (χ0n) is 6.75. The van der Waals surface area contributed by atoms with Gasteiger partial charge in [0.15, 0.2) is 0 Å². The quantitative estimate of drug-likeness (QED) is 0.569. The molecule has 3 nitrogen and oxygen atoms in total. The molecule has 0 fully saturated rings. The van der Waals surface area contributed by atoms with E-state index in [1.54, 1.807) is 12.1 Å². The molecule has 1 aromatic carbocycles. The predicted octanol–water partition coefficient (Wildman–Crippen LogP) is 0.505. The van der Waals surface area contributed by atoms with Crippen LogP contribution in [-0.4, -0.2) is 17.4 Å². The van der Waals surface area contributed by atoms with E-state index < -0.39 is 0 Å². The molecule has 0 aliphatic rings. The van der Waals surface area contributed by atoms with Crippen molar-refractivity contribution in [2.24, 2.45) is 5.73 Å². The Morgan fingerprint density at radius 1 is 1.33 bits per heavy atom. The highest BCUT2D eigenvalue weighted by molar-refractivity contribution is 5.98. The van der Waals surface area contributed by atoms with Crippen molar-refractivity contribution < 1.29 is 5.11 Å². The van der Waals surface area contributed by atoms with Gasteiger partial charge >= 0.3 is 0 Å². The van der Waals surface area contributed by atoms with Crippen molar-refractivity contribution >= 4 is 5.71 Å². The highest BCUT2D eigenvalue weighted by atomic mass is 16.3. The Morgan fingerprint density at radius 3 is 2.33 bits per heavy atom. The minimum atomic E-state index is -0.220. The van der Waals surface area contributed by atoms with Crippen molar-refractivity contribution in [3.8, 4) is 0 Å². The zero-order valence-corrected chi connectivity index (χ0v) is 6.75. The van der Waals surface area contributed by atoms with Crippen molar-refractivity contribution in [1.82, 2.24) is 0 Å². The van der Waals surface area contributed by atoms with Crippen LogP contribution in [0.2, 0.25) is 0 Å². The lowest BCUT2D eigenvalue weighted by Gasteiger charge is -2.01. The second-order valence-corrected chi connectivity index (χ2v) is 2.54. The fourth-order valence-electron chi connectivity index (χ4n) is 0.933. The van der Waals surface area contributed by atoms with Crippen molar-refractivity contribution in [3.05, 3.63) is 35.4 Å². The number of nitrogens with one attached hydrogen (secondary N) is 1. The molecule has 0 spiro atoms.